The highest BCUT2D eigenvalue weighted by atomic mass is 16.2. The second-order valence-electron chi connectivity index (χ2n) is 6.56. The van der Waals surface area contributed by atoms with Crippen LogP contribution in [0.5, 0.6) is 0 Å². The summed E-state index contributed by atoms with van der Waals surface area (Å²) in [5.41, 5.74) is 4.35. The number of nitrogens with zero attached hydrogens (tertiary/aromatic N) is 3. The fraction of sp³-hybridized carbons (Fsp3) is 0.474. The highest BCUT2D eigenvalue weighted by molar-refractivity contribution is 5.92. The van der Waals surface area contributed by atoms with Crippen LogP contribution in [0.1, 0.15) is 40.7 Å². The smallest absolute Gasteiger partial charge is 0.269 e. The molecule has 0 aliphatic carbocycles. The monoisotopic (exact) mass is 326 g/mol. The van der Waals surface area contributed by atoms with Crippen LogP contribution in [0.4, 0.5) is 0 Å². The Morgan fingerprint density at radius 2 is 2.08 bits per heavy atom. The van der Waals surface area contributed by atoms with Crippen LogP contribution in [0.3, 0.4) is 0 Å². The summed E-state index contributed by atoms with van der Waals surface area (Å²) in [5.74, 6) is -0.0473. The topological polar surface area (TPSA) is 50.2 Å². The first-order chi connectivity index (χ1) is 11.6. The second kappa shape index (κ2) is 7.18. The number of carbonyl (C=O) groups is 1. The lowest BCUT2D eigenvalue weighted by Gasteiger charge is -2.35. The molecule has 3 rings (SSSR count). The molecule has 1 aromatic carbocycles. The molecule has 1 amide bonds. The van der Waals surface area contributed by atoms with E-state index in [9.17, 15) is 4.79 Å². The van der Waals surface area contributed by atoms with Crippen LogP contribution >= 0.6 is 0 Å². The van der Waals surface area contributed by atoms with E-state index >= 15 is 0 Å². The lowest BCUT2D eigenvalue weighted by Crippen LogP contribution is -2.45. The summed E-state index contributed by atoms with van der Waals surface area (Å²) in [5, 5.41) is 7.32. The molecule has 0 bridgehead atoms. The van der Waals surface area contributed by atoms with Crippen molar-refractivity contribution in [1.82, 2.24) is 20.0 Å². The Bertz CT molecular complexity index is 722. The molecule has 128 valence electrons. The number of hydrogen-bond acceptors (Lipinski definition) is 3. The molecule has 0 spiro atoms. The van der Waals surface area contributed by atoms with Crippen molar-refractivity contribution in [2.45, 2.75) is 39.3 Å². The van der Waals surface area contributed by atoms with Crippen molar-refractivity contribution in [3.63, 3.8) is 0 Å². The fourth-order valence-electron chi connectivity index (χ4n) is 3.49. The number of benzene rings is 1. The van der Waals surface area contributed by atoms with Crippen LogP contribution in [0.15, 0.2) is 30.3 Å². The average Bonchev–Trinajstić information content (AvgIpc) is 2.93. The van der Waals surface area contributed by atoms with Gasteiger partial charge in [0.15, 0.2) is 0 Å². The van der Waals surface area contributed by atoms with Crippen molar-refractivity contribution in [3.8, 4) is 0 Å². The minimum atomic E-state index is -0.0473. The van der Waals surface area contributed by atoms with Gasteiger partial charge in [0.1, 0.15) is 5.69 Å². The Hall–Kier alpha value is -2.14. The molecule has 0 saturated carbocycles. The first-order valence-corrected chi connectivity index (χ1v) is 8.68. The van der Waals surface area contributed by atoms with E-state index < -0.39 is 0 Å². The molecule has 0 radical (unpaired) electrons. The maximum atomic E-state index is 12.4. The van der Waals surface area contributed by atoms with E-state index in [1.807, 2.05) is 13.0 Å². The Morgan fingerprint density at radius 1 is 1.33 bits per heavy atom. The van der Waals surface area contributed by atoms with Crippen molar-refractivity contribution in [2.24, 2.45) is 7.05 Å². The number of aromatic nitrogens is 2. The normalized spacial score (nSPS) is 15.8. The van der Waals surface area contributed by atoms with Gasteiger partial charge in [0.25, 0.3) is 5.91 Å². The number of amides is 1. The summed E-state index contributed by atoms with van der Waals surface area (Å²) in [6.07, 6.45) is 2.11. The zero-order valence-corrected chi connectivity index (χ0v) is 14.7. The number of carbonyl (C=O) groups excluding carboxylic acids is 1. The zero-order chi connectivity index (χ0) is 17.1. The van der Waals surface area contributed by atoms with Gasteiger partial charge in [-0.15, -0.1) is 0 Å². The molecule has 1 atom stereocenters. The maximum absolute atomic E-state index is 12.4. The Kier molecular flexibility index (Phi) is 5.00. The summed E-state index contributed by atoms with van der Waals surface area (Å²) in [6.45, 7) is 6.77. The highest BCUT2D eigenvalue weighted by Crippen LogP contribution is 2.21. The predicted molar refractivity (Wildman–Crippen MR) is 94.9 cm³/mol. The van der Waals surface area contributed by atoms with Gasteiger partial charge in [0.2, 0.25) is 0 Å². The van der Waals surface area contributed by atoms with Crippen LogP contribution < -0.4 is 5.32 Å². The zero-order valence-electron chi connectivity index (χ0n) is 14.7. The molecule has 0 fully saturated rings. The SMILES string of the molecule is CCC(CNC(=O)c1cc(C)nn1C)N1CCc2ccccc2C1. The van der Waals surface area contributed by atoms with Gasteiger partial charge in [-0.05, 0) is 37.0 Å². The first kappa shape index (κ1) is 16.7. The van der Waals surface area contributed by atoms with E-state index in [0.29, 0.717) is 18.3 Å². The standard InChI is InChI=1S/C19H26N4O/c1-4-17(12-20-19(24)18-11-14(2)21-22(18)3)23-10-9-15-7-5-6-8-16(15)13-23/h5-8,11,17H,4,9-10,12-13H2,1-3H3,(H,20,24). The van der Waals surface area contributed by atoms with Gasteiger partial charge in [0, 0.05) is 32.7 Å². The maximum Gasteiger partial charge on any atom is 0.269 e. The lowest BCUT2D eigenvalue weighted by atomic mass is 9.98. The summed E-state index contributed by atoms with van der Waals surface area (Å²) >= 11 is 0. The van der Waals surface area contributed by atoms with E-state index in [1.54, 1.807) is 11.7 Å². The van der Waals surface area contributed by atoms with Crippen molar-refractivity contribution >= 4 is 5.91 Å². The Morgan fingerprint density at radius 3 is 2.75 bits per heavy atom. The highest BCUT2D eigenvalue weighted by Gasteiger charge is 2.23. The molecule has 5 nitrogen and oxygen atoms in total. The fourth-order valence-corrected chi connectivity index (χ4v) is 3.49. The minimum absolute atomic E-state index is 0.0473. The van der Waals surface area contributed by atoms with Crippen LogP contribution in [-0.4, -0.2) is 39.7 Å². The van der Waals surface area contributed by atoms with E-state index in [1.165, 1.54) is 11.1 Å². The summed E-state index contributed by atoms with van der Waals surface area (Å²) in [4.78, 5) is 14.9. The van der Waals surface area contributed by atoms with E-state index in [-0.39, 0.29) is 5.91 Å². The number of aryl methyl sites for hydroxylation is 2. The molecular formula is C19H26N4O. The molecule has 1 aromatic heterocycles. The van der Waals surface area contributed by atoms with Crippen molar-refractivity contribution in [2.75, 3.05) is 13.1 Å². The number of hydrogen-bond donors (Lipinski definition) is 1. The molecule has 1 unspecified atom stereocenters. The summed E-state index contributed by atoms with van der Waals surface area (Å²) in [7, 11) is 1.81. The van der Waals surface area contributed by atoms with Crippen molar-refractivity contribution in [1.29, 1.82) is 0 Å². The van der Waals surface area contributed by atoms with E-state index in [2.05, 4.69) is 46.5 Å². The lowest BCUT2D eigenvalue weighted by molar-refractivity contribution is 0.0917. The van der Waals surface area contributed by atoms with Gasteiger partial charge < -0.3 is 5.32 Å². The van der Waals surface area contributed by atoms with Gasteiger partial charge in [-0.3, -0.25) is 14.4 Å². The molecule has 0 saturated heterocycles. The third-order valence-electron chi connectivity index (χ3n) is 4.88. The minimum Gasteiger partial charge on any atom is -0.349 e. The average molecular weight is 326 g/mol. The van der Waals surface area contributed by atoms with Crippen LogP contribution in [0.2, 0.25) is 0 Å². The molecule has 2 heterocycles. The molecule has 1 aliphatic rings. The Balaban J connectivity index is 1.61. The van der Waals surface area contributed by atoms with Gasteiger partial charge in [-0.1, -0.05) is 31.2 Å². The Labute approximate surface area is 143 Å². The van der Waals surface area contributed by atoms with E-state index in [0.717, 1.165) is 31.6 Å². The molecule has 24 heavy (non-hydrogen) atoms. The van der Waals surface area contributed by atoms with Crippen LogP contribution in [0, 0.1) is 6.92 Å². The largest absolute Gasteiger partial charge is 0.349 e. The second-order valence-corrected chi connectivity index (χ2v) is 6.56. The van der Waals surface area contributed by atoms with Gasteiger partial charge >= 0.3 is 0 Å². The molecule has 1 N–H and O–H groups in total. The predicted octanol–water partition coefficient (Wildman–Crippen LogP) is 2.30. The van der Waals surface area contributed by atoms with Crippen LogP contribution in [0.25, 0.3) is 0 Å². The summed E-state index contributed by atoms with van der Waals surface area (Å²) in [6, 6.07) is 10.8. The van der Waals surface area contributed by atoms with Gasteiger partial charge in [0.05, 0.1) is 5.69 Å². The van der Waals surface area contributed by atoms with Gasteiger partial charge in [-0.25, -0.2) is 0 Å². The van der Waals surface area contributed by atoms with Crippen LogP contribution in [-0.2, 0) is 20.0 Å². The first-order valence-electron chi connectivity index (χ1n) is 8.68. The third-order valence-corrected chi connectivity index (χ3v) is 4.88. The quantitative estimate of drug-likeness (QED) is 0.917. The number of fused-ring (bicyclic) bond motifs is 1. The van der Waals surface area contributed by atoms with Crippen molar-refractivity contribution in [3.05, 3.63) is 52.8 Å². The summed E-state index contributed by atoms with van der Waals surface area (Å²) < 4.78 is 1.64. The molecule has 2 aromatic rings. The van der Waals surface area contributed by atoms with Gasteiger partial charge in [-0.2, -0.15) is 5.10 Å². The number of rotatable bonds is 5. The van der Waals surface area contributed by atoms with Crippen molar-refractivity contribution < 1.29 is 4.79 Å². The molecule has 1 aliphatic heterocycles. The third kappa shape index (κ3) is 3.51. The molecular weight excluding hydrogens is 300 g/mol. The number of nitrogens with one attached hydrogen (secondary N) is 1. The molecule has 5 heteroatoms. The van der Waals surface area contributed by atoms with E-state index in [4.69, 9.17) is 0 Å².